The van der Waals surface area contributed by atoms with E-state index in [1.807, 2.05) is 28.9 Å². The first kappa shape index (κ1) is 22.2. The number of carbonyl (C=O) groups excluding carboxylic acids is 1. The number of fused-ring (bicyclic) bond motifs is 1. The number of nitrogens with two attached hydrogens (primary N) is 1. The molecule has 31 heavy (non-hydrogen) atoms. The van der Waals surface area contributed by atoms with E-state index in [-0.39, 0.29) is 0 Å². The summed E-state index contributed by atoms with van der Waals surface area (Å²) in [6.45, 7) is 6.34. The highest BCUT2D eigenvalue weighted by molar-refractivity contribution is 6.43. The summed E-state index contributed by atoms with van der Waals surface area (Å²) < 4.78 is 2.01. The van der Waals surface area contributed by atoms with Crippen molar-refractivity contribution in [2.24, 2.45) is 5.73 Å². The number of hydrogen-bond donors (Lipinski definition) is 1. The average molecular weight is 465 g/mol. The van der Waals surface area contributed by atoms with Crippen molar-refractivity contribution < 1.29 is 4.79 Å². The maximum atomic E-state index is 12.0. The fourth-order valence-electron chi connectivity index (χ4n) is 4.43. The molecular formula is C22H30Cl2N6O. The zero-order valence-corrected chi connectivity index (χ0v) is 19.3. The van der Waals surface area contributed by atoms with Crippen molar-refractivity contribution in [3.63, 3.8) is 0 Å². The lowest BCUT2D eigenvalue weighted by atomic mass is 10.1. The largest absolute Gasteiger partial charge is 0.368 e. The number of primary amides is 1. The normalized spacial score (nSPS) is 16.9. The highest BCUT2D eigenvalue weighted by Gasteiger charge is 2.21. The van der Waals surface area contributed by atoms with Crippen LogP contribution in [-0.4, -0.2) is 60.0 Å². The van der Waals surface area contributed by atoms with E-state index in [2.05, 4.69) is 14.9 Å². The number of anilines is 2. The number of halogens is 2. The molecule has 3 heterocycles. The van der Waals surface area contributed by atoms with E-state index in [9.17, 15) is 4.79 Å². The van der Waals surface area contributed by atoms with Crippen LogP contribution in [0, 0.1) is 0 Å². The third kappa shape index (κ3) is 5.27. The molecule has 2 aliphatic rings. The predicted molar refractivity (Wildman–Crippen MR) is 126 cm³/mol. The third-order valence-electron chi connectivity index (χ3n) is 6.20. The molecule has 1 aromatic carbocycles. The number of urea groups is 1. The average Bonchev–Trinajstić information content (AvgIpc) is 3.19. The molecule has 2 amide bonds. The Morgan fingerprint density at radius 1 is 1.10 bits per heavy atom. The van der Waals surface area contributed by atoms with Crippen molar-refractivity contribution in [1.82, 2.24) is 14.7 Å². The van der Waals surface area contributed by atoms with E-state index in [0.29, 0.717) is 22.4 Å². The van der Waals surface area contributed by atoms with Gasteiger partial charge in [-0.3, -0.25) is 14.5 Å². The van der Waals surface area contributed by atoms with Gasteiger partial charge >= 0.3 is 6.03 Å². The summed E-state index contributed by atoms with van der Waals surface area (Å²) in [7, 11) is 0. The number of hydrogen-bond acceptors (Lipinski definition) is 4. The van der Waals surface area contributed by atoms with Gasteiger partial charge in [-0.2, -0.15) is 5.10 Å². The first-order valence-electron chi connectivity index (χ1n) is 11.1. The second-order valence-electron chi connectivity index (χ2n) is 8.27. The van der Waals surface area contributed by atoms with Crippen LogP contribution in [0.25, 0.3) is 0 Å². The highest BCUT2D eigenvalue weighted by Crippen LogP contribution is 2.32. The topological polar surface area (TPSA) is 70.6 Å². The van der Waals surface area contributed by atoms with E-state index < -0.39 is 6.03 Å². The standard InChI is InChI=1S/C22H30Cl2N6O/c23-18-7-5-8-19(21(18)24)28-14-12-27(13-15-28)9-3-4-10-29(22(25)31)20-16-17-6-1-2-11-30(17)26-20/h5,7-8,16H,1-4,6,9-15H2,(H2,25,31). The van der Waals surface area contributed by atoms with Crippen LogP contribution in [0.1, 0.15) is 31.4 Å². The molecule has 0 unspecified atom stereocenters. The Morgan fingerprint density at radius 3 is 2.65 bits per heavy atom. The van der Waals surface area contributed by atoms with Gasteiger partial charge in [-0.05, 0) is 50.8 Å². The maximum Gasteiger partial charge on any atom is 0.320 e. The number of aromatic nitrogens is 2. The van der Waals surface area contributed by atoms with E-state index in [1.54, 1.807) is 4.90 Å². The number of rotatable bonds is 7. The molecule has 1 saturated heterocycles. The van der Waals surface area contributed by atoms with Gasteiger partial charge in [0.15, 0.2) is 5.82 Å². The highest BCUT2D eigenvalue weighted by atomic mass is 35.5. The minimum absolute atomic E-state index is 0.428. The molecule has 7 nitrogen and oxygen atoms in total. The number of unbranched alkanes of at least 4 members (excludes halogenated alkanes) is 1. The van der Waals surface area contributed by atoms with E-state index >= 15 is 0 Å². The van der Waals surface area contributed by atoms with Gasteiger partial charge in [0, 0.05) is 51.0 Å². The van der Waals surface area contributed by atoms with Crippen LogP contribution in [0.4, 0.5) is 16.3 Å². The number of amides is 2. The van der Waals surface area contributed by atoms with Crippen molar-refractivity contribution in [2.45, 2.75) is 38.6 Å². The number of nitrogens with zero attached hydrogens (tertiary/aromatic N) is 5. The van der Waals surface area contributed by atoms with Gasteiger partial charge in [0.1, 0.15) is 0 Å². The van der Waals surface area contributed by atoms with Crippen molar-refractivity contribution in [1.29, 1.82) is 0 Å². The quantitative estimate of drug-likeness (QED) is 0.628. The third-order valence-corrected chi connectivity index (χ3v) is 7.01. The molecular weight excluding hydrogens is 435 g/mol. The van der Waals surface area contributed by atoms with Crippen LogP contribution in [0.2, 0.25) is 10.0 Å². The first-order chi connectivity index (χ1) is 15.0. The molecule has 0 saturated carbocycles. The van der Waals surface area contributed by atoms with Crippen molar-refractivity contribution in [3.8, 4) is 0 Å². The fraction of sp³-hybridized carbons (Fsp3) is 0.545. The summed E-state index contributed by atoms with van der Waals surface area (Å²) in [6, 6.07) is 7.37. The molecule has 4 rings (SSSR count). The lowest BCUT2D eigenvalue weighted by Crippen LogP contribution is -2.46. The summed E-state index contributed by atoms with van der Waals surface area (Å²) in [5.74, 6) is 0.691. The Morgan fingerprint density at radius 2 is 1.90 bits per heavy atom. The van der Waals surface area contributed by atoms with Crippen LogP contribution in [0.3, 0.4) is 0 Å². The number of carbonyl (C=O) groups is 1. The Bertz CT molecular complexity index is 886. The van der Waals surface area contributed by atoms with Gasteiger partial charge < -0.3 is 10.6 Å². The summed E-state index contributed by atoms with van der Waals surface area (Å²) in [6.07, 6.45) is 5.24. The van der Waals surface area contributed by atoms with Crippen molar-refractivity contribution >= 4 is 40.7 Å². The molecule has 1 aromatic heterocycles. The van der Waals surface area contributed by atoms with Gasteiger partial charge in [-0.15, -0.1) is 0 Å². The minimum Gasteiger partial charge on any atom is -0.368 e. The van der Waals surface area contributed by atoms with E-state index in [4.69, 9.17) is 28.9 Å². The zero-order chi connectivity index (χ0) is 21.8. The van der Waals surface area contributed by atoms with Gasteiger partial charge in [0.2, 0.25) is 0 Å². The molecule has 1 fully saturated rings. The van der Waals surface area contributed by atoms with Crippen LogP contribution in [-0.2, 0) is 13.0 Å². The molecule has 2 aliphatic heterocycles. The molecule has 9 heteroatoms. The lowest BCUT2D eigenvalue weighted by Gasteiger charge is -2.36. The molecule has 2 aromatic rings. The summed E-state index contributed by atoms with van der Waals surface area (Å²) in [5, 5.41) is 5.82. The Kier molecular flexibility index (Phi) is 7.25. The fourth-order valence-corrected chi connectivity index (χ4v) is 4.84. The number of benzene rings is 1. The second kappa shape index (κ2) is 10.1. The minimum atomic E-state index is -0.428. The number of aryl methyl sites for hydroxylation is 2. The molecule has 0 atom stereocenters. The number of piperazine rings is 1. The predicted octanol–water partition coefficient (Wildman–Crippen LogP) is 4.01. The van der Waals surface area contributed by atoms with Crippen molar-refractivity contribution in [2.75, 3.05) is 49.1 Å². The molecule has 168 valence electrons. The van der Waals surface area contributed by atoms with Crippen molar-refractivity contribution in [3.05, 3.63) is 40.0 Å². The molecule has 0 bridgehead atoms. The summed E-state index contributed by atoms with van der Waals surface area (Å²) >= 11 is 12.5. The first-order valence-corrected chi connectivity index (χ1v) is 11.8. The molecule has 0 aliphatic carbocycles. The van der Waals surface area contributed by atoms with Gasteiger partial charge in [0.25, 0.3) is 0 Å². The molecule has 0 radical (unpaired) electrons. The van der Waals surface area contributed by atoms with Crippen LogP contribution in [0.5, 0.6) is 0 Å². The Balaban J connectivity index is 1.23. The zero-order valence-electron chi connectivity index (χ0n) is 17.8. The van der Waals surface area contributed by atoms with Gasteiger partial charge in [0.05, 0.1) is 15.7 Å². The Labute approximate surface area is 193 Å². The van der Waals surface area contributed by atoms with E-state index in [1.165, 1.54) is 12.1 Å². The second-order valence-corrected chi connectivity index (χ2v) is 9.06. The summed E-state index contributed by atoms with van der Waals surface area (Å²) in [5.41, 5.74) is 7.85. The maximum absolute atomic E-state index is 12.0. The Hall–Kier alpha value is -1.96. The summed E-state index contributed by atoms with van der Waals surface area (Å²) in [4.78, 5) is 18.4. The SMILES string of the molecule is NC(=O)N(CCCCN1CCN(c2cccc(Cl)c2Cl)CC1)c1cc2n(n1)CCCC2. The lowest BCUT2D eigenvalue weighted by molar-refractivity contribution is 0.249. The van der Waals surface area contributed by atoms with Crippen LogP contribution < -0.4 is 15.5 Å². The monoisotopic (exact) mass is 464 g/mol. The van der Waals surface area contributed by atoms with Crippen LogP contribution in [0.15, 0.2) is 24.3 Å². The van der Waals surface area contributed by atoms with E-state index in [0.717, 1.165) is 70.6 Å². The van der Waals surface area contributed by atoms with Crippen LogP contribution >= 0.6 is 23.2 Å². The van der Waals surface area contributed by atoms with Gasteiger partial charge in [-0.25, -0.2) is 4.79 Å². The molecule has 0 spiro atoms. The van der Waals surface area contributed by atoms with Gasteiger partial charge in [-0.1, -0.05) is 29.3 Å². The smallest absolute Gasteiger partial charge is 0.320 e. The molecule has 2 N–H and O–H groups in total.